The zero-order chi connectivity index (χ0) is 10.7. The minimum atomic E-state index is -0.119. The Hall–Kier alpha value is -0.840. The highest BCUT2D eigenvalue weighted by Gasteiger charge is 2.34. The van der Waals surface area contributed by atoms with Crippen molar-refractivity contribution < 1.29 is 4.79 Å². The van der Waals surface area contributed by atoms with Crippen LogP contribution < -0.4 is 11.1 Å². The average Bonchev–Trinajstić information content (AvgIpc) is 2.95. The van der Waals surface area contributed by atoms with Gasteiger partial charge in [0.05, 0.1) is 11.0 Å². The molecule has 1 rings (SSSR count). The van der Waals surface area contributed by atoms with Gasteiger partial charge in [-0.3, -0.25) is 0 Å². The van der Waals surface area contributed by atoms with E-state index in [-0.39, 0.29) is 12.1 Å². The zero-order valence-electron chi connectivity index (χ0n) is 8.62. The van der Waals surface area contributed by atoms with Crippen molar-refractivity contribution in [1.82, 2.24) is 10.2 Å². The Morgan fingerprint density at radius 3 is 2.64 bits per heavy atom. The molecule has 3 N–H and O–H groups in total. The summed E-state index contributed by atoms with van der Waals surface area (Å²) in [5.74, 6) is 0.460. The van der Waals surface area contributed by atoms with Crippen LogP contribution in [0, 0.1) is 5.92 Å². The molecule has 0 aromatic carbocycles. The molecule has 1 aliphatic carbocycles. The number of hydrogen-bond acceptors (Lipinski definition) is 2. The summed E-state index contributed by atoms with van der Waals surface area (Å²) in [4.78, 5) is 13.5. The maximum Gasteiger partial charge on any atom is 0.317 e. The van der Waals surface area contributed by atoms with E-state index in [0.29, 0.717) is 17.5 Å². The van der Waals surface area contributed by atoms with Crippen LogP contribution in [0.25, 0.3) is 0 Å². The molecule has 1 unspecified atom stereocenters. The van der Waals surface area contributed by atoms with Crippen LogP contribution in [0.15, 0.2) is 0 Å². The molecule has 0 radical (unpaired) electrons. The summed E-state index contributed by atoms with van der Waals surface area (Å²) in [6.07, 6.45) is 2.22. The molecule has 0 heterocycles. The highest BCUT2D eigenvalue weighted by atomic mass is 32.1. The number of carbonyl (C=O) groups excluding carboxylic acids is 1. The molecule has 2 amide bonds. The van der Waals surface area contributed by atoms with Crippen LogP contribution in [0.4, 0.5) is 4.79 Å². The van der Waals surface area contributed by atoms with E-state index < -0.39 is 0 Å². The van der Waals surface area contributed by atoms with Crippen molar-refractivity contribution in [3.8, 4) is 0 Å². The number of carbonyl (C=O) groups is 1. The number of nitrogens with two attached hydrogens (primary N) is 1. The van der Waals surface area contributed by atoms with Crippen LogP contribution in [0.5, 0.6) is 0 Å². The van der Waals surface area contributed by atoms with Crippen LogP contribution in [0.2, 0.25) is 0 Å². The summed E-state index contributed by atoms with van der Waals surface area (Å²) >= 11 is 4.92. The SMILES string of the molecule is CCN(C)C(=O)NC(C(N)=S)C1CC1. The topological polar surface area (TPSA) is 58.4 Å². The van der Waals surface area contributed by atoms with Gasteiger partial charge >= 0.3 is 6.03 Å². The van der Waals surface area contributed by atoms with Gasteiger partial charge in [-0.1, -0.05) is 12.2 Å². The van der Waals surface area contributed by atoms with Crippen LogP contribution >= 0.6 is 12.2 Å². The van der Waals surface area contributed by atoms with Crippen molar-refractivity contribution in [3.63, 3.8) is 0 Å². The lowest BCUT2D eigenvalue weighted by molar-refractivity contribution is 0.208. The van der Waals surface area contributed by atoms with Crippen LogP contribution in [0.1, 0.15) is 19.8 Å². The highest BCUT2D eigenvalue weighted by molar-refractivity contribution is 7.80. The van der Waals surface area contributed by atoms with Gasteiger partial charge < -0.3 is 16.0 Å². The van der Waals surface area contributed by atoms with Crippen LogP contribution in [-0.4, -0.2) is 35.6 Å². The van der Waals surface area contributed by atoms with Gasteiger partial charge in [0.1, 0.15) is 0 Å². The maximum absolute atomic E-state index is 11.5. The normalized spacial score (nSPS) is 17.3. The Balaban J connectivity index is 2.46. The van der Waals surface area contributed by atoms with Gasteiger partial charge in [0.15, 0.2) is 0 Å². The Kier molecular flexibility index (Phi) is 3.69. The Morgan fingerprint density at radius 1 is 1.71 bits per heavy atom. The Labute approximate surface area is 89.8 Å². The van der Waals surface area contributed by atoms with E-state index in [1.807, 2.05) is 6.92 Å². The molecular formula is C9H17N3OS. The van der Waals surface area contributed by atoms with E-state index in [2.05, 4.69) is 5.32 Å². The van der Waals surface area contributed by atoms with Gasteiger partial charge in [-0.25, -0.2) is 4.79 Å². The van der Waals surface area contributed by atoms with E-state index in [1.54, 1.807) is 11.9 Å². The fourth-order valence-corrected chi connectivity index (χ4v) is 1.49. The second-order valence-corrected chi connectivity index (χ2v) is 4.15. The number of nitrogens with zero attached hydrogens (tertiary/aromatic N) is 1. The van der Waals surface area contributed by atoms with Gasteiger partial charge in [0.25, 0.3) is 0 Å². The van der Waals surface area contributed by atoms with E-state index in [1.165, 1.54) is 0 Å². The number of nitrogens with one attached hydrogen (secondary N) is 1. The van der Waals surface area contributed by atoms with Gasteiger partial charge in [-0.05, 0) is 25.7 Å². The first-order valence-corrected chi connectivity index (χ1v) is 5.28. The van der Waals surface area contributed by atoms with Gasteiger partial charge in [0, 0.05) is 13.6 Å². The average molecular weight is 215 g/mol. The summed E-state index contributed by atoms with van der Waals surface area (Å²) in [7, 11) is 1.75. The van der Waals surface area contributed by atoms with Gasteiger partial charge in [0.2, 0.25) is 0 Å². The number of amides is 2. The molecule has 1 fully saturated rings. The Morgan fingerprint density at radius 2 is 2.29 bits per heavy atom. The number of rotatable bonds is 4. The molecular weight excluding hydrogens is 198 g/mol. The zero-order valence-corrected chi connectivity index (χ0v) is 9.43. The summed E-state index contributed by atoms with van der Waals surface area (Å²) < 4.78 is 0. The van der Waals surface area contributed by atoms with E-state index in [4.69, 9.17) is 18.0 Å². The van der Waals surface area contributed by atoms with Crippen molar-refractivity contribution in [3.05, 3.63) is 0 Å². The van der Waals surface area contributed by atoms with Crippen molar-refractivity contribution in [2.24, 2.45) is 11.7 Å². The van der Waals surface area contributed by atoms with Crippen LogP contribution in [0.3, 0.4) is 0 Å². The van der Waals surface area contributed by atoms with E-state index in [9.17, 15) is 4.79 Å². The molecule has 1 aliphatic rings. The minimum absolute atomic E-state index is 0.0998. The van der Waals surface area contributed by atoms with Crippen molar-refractivity contribution in [1.29, 1.82) is 0 Å². The first-order chi connectivity index (χ1) is 6.56. The summed E-state index contributed by atoms with van der Waals surface area (Å²) in [6.45, 7) is 2.60. The Bertz CT molecular complexity index is 240. The fraction of sp³-hybridized carbons (Fsp3) is 0.778. The third-order valence-electron chi connectivity index (χ3n) is 2.50. The monoisotopic (exact) mass is 215 g/mol. The minimum Gasteiger partial charge on any atom is -0.392 e. The molecule has 1 atom stereocenters. The summed E-state index contributed by atoms with van der Waals surface area (Å²) in [5, 5.41) is 2.85. The lowest BCUT2D eigenvalue weighted by Crippen LogP contribution is -2.49. The van der Waals surface area contributed by atoms with Gasteiger partial charge in [-0.15, -0.1) is 0 Å². The smallest absolute Gasteiger partial charge is 0.317 e. The largest absolute Gasteiger partial charge is 0.392 e. The van der Waals surface area contributed by atoms with Crippen molar-refractivity contribution in [2.45, 2.75) is 25.8 Å². The second kappa shape index (κ2) is 4.59. The van der Waals surface area contributed by atoms with Crippen molar-refractivity contribution in [2.75, 3.05) is 13.6 Å². The molecule has 0 aromatic rings. The number of urea groups is 1. The quantitative estimate of drug-likeness (QED) is 0.679. The molecule has 80 valence electrons. The lowest BCUT2D eigenvalue weighted by atomic mass is 10.2. The standard InChI is InChI=1S/C9H17N3OS/c1-3-12(2)9(13)11-7(8(10)14)6-4-5-6/h6-7H,3-5H2,1-2H3,(H2,10,14)(H,11,13). The third-order valence-corrected chi connectivity index (χ3v) is 2.75. The van der Waals surface area contributed by atoms with Gasteiger partial charge in [-0.2, -0.15) is 0 Å². The first-order valence-electron chi connectivity index (χ1n) is 4.87. The molecule has 0 aromatic heterocycles. The number of hydrogen-bond donors (Lipinski definition) is 2. The predicted molar refractivity (Wildman–Crippen MR) is 60.1 cm³/mol. The molecule has 4 nitrogen and oxygen atoms in total. The summed E-state index contributed by atoms with van der Waals surface area (Å²) in [5.41, 5.74) is 5.57. The summed E-state index contributed by atoms with van der Waals surface area (Å²) in [6, 6.07) is -0.219. The third kappa shape index (κ3) is 2.83. The highest BCUT2D eigenvalue weighted by Crippen LogP contribution is 2.32. The second-order valence-electron chi connectivity index (χ2n) is 3.68. The van der Waals surface area contributed by atoms with E-state index in [0.717, 1.165) is 12.8 Å². The first kappa shape index (κ1) is 11.2. The van der Waals surface area contributed by atoms with Crippen molar-refractivity contribution >= 4 is 23.2 Å². The molecule has 5 heteroatoms. The molecule has 0 bridgehead atoms. The molecule has 0 aliphatic heterocycles. The van der Waals surface area contributed by atoms with E-state index >= 15 is 0 Å². The van der Waals surface area contributed by atoms with Crippen LogP contribution in [-0.2, 0) is 0 Å². The molecule has 0 spiro atoms. The fourth-order valence-electron chi connectivity index (χ4n) is 1.24. The maximum atomic E-state index is 11.5. The molecule has 1 saturated carbocycles. The molecule has 14 heavy (non-hydrogen) atoms. The lowest BCUT2D eigenvalue weighted by Gasteiger charge is -2.21. The molecule has 0 saturated heterocycles. The number of thiocarbonyl (C=S) groups is 1. The predicted octanol–water partition coefficient (Wildman–Crippen LogP) is 0.712.